The van der Waals surface area contributed by atoms with Crippen LogP contribution in [0.3, 0.4) is 0 Å². The molecule has 5 nitrogen and oxygen atoms in total. The van der Waals surface area contributed by atoms with Crippen molar-refractivity contribution in [3.05, 3.63) is 0 Å². The minimum Gasteiger partial charge on any atom is -0.481 e. The third-order valence-electron chi connectivity index (χ3n) is 2.22. The number of nitrogens with one attached hydrogen (secondary N) is 1. The van der Waals surface area contributed by atoms with Gasteiger partial charge in [0, 0.05) is 32.7 Å². The first-order chi connectivity index (χ1) is 6.79. The molecule has 1 heterocycles. The van der Waals surface area contributed by atoms with Gasteiger partial charge in [-0.1, -0.05) is 0 Å². The van der Waals surface area contributed by atoms with E-state index in [0.29, 0.717) is 13.2 Å². The van der Waals surface area contributed by atoms with Crippen molar-refractivity contribution < 1.29 is 14.6 Å². The maximum atomic E-state index is 10.2. The topological polar surface area (TPSA) is 61.8 Å². The van der Waals surface area contributed by atoms with Gasteiger partial charge in [0.25, 0.3) is 0 Å². The number of rotatable bonds is 6. The summed E-state index contributed by atoms with van der Waals surface area (Å²) in [5.41, 5.74) is 0. The molecule has 0 aromatic rings. The Balaban J connectivity index is 1.90. The number of hydrogen-bond donors (Lipinski definition) is 2. The molecule has 82 valence electrons. The first kappa shape index (κ1) is 11.4. The highest BCUT2D eigenvalue weighted by molar-refractivity contribution is 5.66. The van der Waals surface area contributed by atoms with Crippen LogP contribution in [0.2, 0.25) is 0 Å². The summed E-state index contributed by atoms with van der Waals surface area (Å²) in [5.74, 6) is -0.799. The maximum Gasteiger partial charge on any atom is 0.305 e. The van der Waals surface area contributed by atoms with Gasteiger partial charge in [0.15, 0.2) is 0 Å². The van der Waals surface area contributed by atoms with Gasteiger partial charge in [-0.15, -0.1) is 0 Å². The van der Waals surface area contributed by atoms with Crippen molar-refractivity contribution in [1.29, 1.82) is 0 Å². The van der Waals surface area contributed by atoms with Crippen LogP contribution >= 0.6 is 0 Å². The van der Waals surface area contributed by atoms with Gasteiger partial charge in [0.1, 0.15) is 0 Å². The molecule has 0 amide bonds. The molecule has 14 heavy (non-hydrogen) atoms. The molecule has 0 radical (unpaired) electrons. The predicted molar refractivity (Wildman–Crippen MR) is 52.4 cm³/mol. The standard InChI is InChI=1S/C9H18N2O3/c12-9(13)1-7-14-8-6-11-4-2-10-3-5-11/h10H,1-8H2,(H,12,13). The van der Waals surface area contributed by atoms with E-state index >= 15 is 0 Å². The lowest BCUT2D eigenvalue weighted by Crippen LogP contribution is -2.44. The van der Waals surface area contributed by atoms with Gasteiger partial charge in [-0.25, -0.2) is 0 Å². The fraction of sp³-hybridized carbons (Fsp3) is 0.889. The van der Waals surface area contributed by atoms with Crippen molar-refractivity contribution in [1.82, 2.24) is 10.2 Å². The average molecular weight is 202 g/mol. The zero-order valence-electron chi connectivity index (χ0n) is 8.37. The number of nitrogens with zero attached hydrogens (tertiary/aromatic N) is 1. The van der Waals surface area contributed by atoms with Gasteiger partial charge < -0.3 is 15.2 Å². The van der Waals surface area contributed by atoms with Gasteiger partial charge in [-0.05, 0) is 0 Å². The van der Waals surface area contributed by atoms with Crippen LogP contribution in [0.5, 0.6) is 0 Å². The van der Waals surface area contributed by atoms with Crippen molar-refractivity contribution in [3.63, 3.8) is 0 Å². The van der Waals surface area contributed by atoms with E-state index in [2.05, 4.69) is 10.2 Å². The Hall–Kier alpha value is -0.650. The first-order valence-corrected chi connectivity index (χ1v) is 5.01. The summed E-state index contributed by atoms with van der Waals surface area (Å²) in [4.78, 5) is 12.5. The minimum atomic E-state index is -0.799. The molecule has 5 heteroatoms. The molecule has 0 atom stereocenters. The lowest BCUT2D eigenvalue weighted by atomic mass is 10.3. The van der Waals surface area contributed by atoms with Gasteiger partial charge in [0.05, 0.1) is 19.6 Å². The number of carboxylic acid groups (broad SMARTS) is 1. The van der Waals surface area contributed by atoms with Crippen LogP contribution in [0.1, 0.15) is 6.42 Å². The monoisotopic (exact) mass is 202 g/mol. The van der Waals surface area contributed by atoms with E-state index in [9.17, 15) is 4.79 Å². The molecule has 0 spiro atoms. The molecule has 0 aliphatic carbocycles. The molecule has 0 aromatic carbocycles. The number of hydrogen-bond acceptors (Lipinski definition) is 4. The van der Waals surface area contributed by atoms with E-state index in [1.807, 2.05) is 0 Å². The van der Waals surface area contributed by atoms with Crippen LogP contribution in [-0.4, -0.2) is 61.9 Å². The number of carboxylic acids is 1. The van der Waals surface area contributed by atoms with Crippen molar-refractivity contribution in [2.75, 3.05) is 45.9 Å². The minimum absolute atomic E-state index is 0.0988. The van der Waals surface area contributed by atoms with E-state index in [4.69, 9.17) is 9.84 Å². The Morgan fingerprint density at radius 1 is 1.36 bits per heavy atom. The summed E-state index contributed by atoms with van der Waals surface area (Å²) in [6.45, 7) is 6.05. The van der Waals surface area contributed by atoms with Crippen LogP contribution in [0.15, 0.2) is 0 Å². The highest BCUT2D eigenvalue weighted by atomic mass is 16.5. The van der Waals surface area contributed by atoms with Gasteiger partial charge in [0.2, 0.25) is 0 Å². The fourth-order valence-electron chi connectivity index (χ4n) is 1.39. The van der Waals surface area contributed by atoms with Gasteiger partial charge in [-0.3, -0.25) is 9.69 Å². The molecule has 1 rings (SSSR count). The van der Waals surface area contributed by atoms with E-state index in [0.717, 1.165) is 32.7 Å². The second-order valence-electron chi connectivity index (χ2n) is 3.35. The third-order valence-corrected chi connectivity index (χ3v) is 2.22. The van der Waals surface area contributed by atoms with E-state index < -0.39 is 5.97 Å². The number of aliphatic carboxylic acids is 1. The Morgan fingerprint density at radius 2 is 2.07 bits per heavy atom. The molecule has 2 N–H and O–H groups in total. The van der Waals surface area contributed by atoms with Crippen LogP contribution in [-0.2, 0) is 9.53 Å². The van der Waals surface area contributed by atoms with E-state index in [-0.39, 0.29) is 6.42 Å². The Labute approximate surface area is 84.0 Å². The fourth-order valence-corrected chi connectivity index (χ4v) is 1.39. The Kier molecular flexibility index (Phi) is 5.51. The van der Waals surface area contributed by atoms with Gasteiger partial charge in [-0.2, -0.15) is 0 Å². The zero-order chi connectivity index (χ0) is 10.2. The summed E-state index contributed by atoms with van der Waals surface area (Å²) in [6.07, 6.45) is 0.0988. The molecular formula is C9H18N2O3. The number of carbonyl (C=O) groups is 1. The van der Waals surface area contributed by atoms with Crippen LogP contribution in [0.4, 0.5) is 0 Å². The summed E-state index contributed by atoms with van der Waals surface area (Å²) >= 11 is 0. The second-order valence-corrected chi connectivity index (χ2v) is 3.35. The number of ether oxygens (including phenoxy) is 1. The summed E-state index contributed by atoms with van der Waals surface area (Å²) in [5, 5.41) is 11.6. The van der Waals surface area contributed by atoms with E-state index in [1.54, 1.807) is 0 Å². The smallest absolute Gasteiger partial charge is 0.305 e. The summed E-state index contributed by atoms with van der Waals surface area (Å²) in [7, 11) is 0. The SMILES string of the molecule is O=C(O)CCOCCN1CCNCC1. The summed E-state index contributed by atoms with van der Waals surface area (Å²) < 4.78 is 5.20. The molecule has 0 aromatic heterocycles. The highest BCUT2D eigenvalue weighted by Crippen LogP contribution is 1.92. The average Bonchev–Trinajstić information content (AvgIpc) is 2.18. The molecule has 1 aliphatic heterocycles. The largest absolute Gasteiger partial charge is 0.481 e. The van der Waals surface area contributed by atoms with Gasteiger partial charge >= 0.3 is 5.97 Å². The zero-order valence-corrected chi connectivity index (χ0v) is 8.37. The lowest BCUT2D eigenvalue weighted by Gasteiger charge is -2.26. The van der Waals surface area contributed by atoms with Crippen molar-refractivity contribution >= 4 is 5.97 Å². The summed E-state index contributed by atoms with van der Waals surface area (Å²) in [6, 6.07) is 0. The van der Waals surface area contributed by atoms with Crippen LogP contribution in [0.25, 0.3) is 0 Å². The molecule has 0 unspecified atom stereocenters. The third kappa shape index (κ3) is 5.16. The second kappa shape index (κ2) is 6.75. The maximum absolute atomic E-state index is 10.2. The van der Waals surface area contributed by atoms with Crippen molar-refractivity contribution in [2.24, 2.45) is 0 Å². The molecule has 0 saturated carbocycles. The van der Waals surface area contributed by atoms with E-state index in [1.165, 1.54) is 0 Å². The molecule has 1 aliphatic rings. The quantitative estimate of drug-likeness (QED) is 0.562. The first-order valence-electron chi connectivity index (χ1n) is 5.01. The Morgan fingerprint density at radius 3 is 2.71 bits per heavy atom. The highest BCUT2D eigenvalue weighted by Gasteiger charge is 2.08. The molecule has 0 bridgehead atoms. The Bertz CT molecular complexity index is 169. The van der Waals surface area contributed by atoms with Crippen molar-refractivity contribution in [2.45, 2.75) is 6.42 Å². The van der Waals surface area contributed by atoms with Crippen LogP contribution < -0.4 is 5.32 Å². The number of piperazine rings is 1. The molecule has 1 saturated heterocycles. The van der Waals surface area contributed by atoms with Crippen LogP contribution in [0, 0.1) is 0 Å². The normalized spacial score (nSPS) is 18.3. The molecule has 1 fully saturated rings. The van der Waals surface area contributed by atoms with Crippen molar-refractivity contribution in [3.8, 4) is 0 Å². The lowest BCUT2D eigenvalue weighted by molar-refractivity contribution is -0.138. The molecular weight excluding hydrogens is 184 g/mol. The predicted octanol–water partition coefficient (Wildman–Crippen LogP) is -0.617.